The second kappa shape index (κ2) is 6.25. The summed E-state index contributed by atoms with van der Waals surface area (Å²) in [7, 11) is 3.88. The molecule has 2 aliphatic heterocycles. The molecular formula is C24H25N5O. The van der Waals surface area contributed by atoms with Gasteiger partial charge in [0.1, 0.15) is 5.82 Å². The average molecular weight is 399 g/mol. The number of likely N-dealkylation sites (N-methyl/N-ethyl adjacent to an activating group) is 2. The number of nitrogens with zero attached hydrogens (tertiary/aromatic N) is 4. The molecule has 30 heavy (non-hydrogen) atoms. The summed E-state index contributed by atoms with van der Waals surface area (Å²) in [6.07, 6.45) is 6.80. The Labute approximate surface area is 175 Å². The predicted octanol–water partition coefficient (Wildman–Crippen LogP) is 3.10. The number of rotatable bonds is 3. The zero-order valence-electron chi connectivity index (χ0n) is 17.4. The van der Waals surface area contributed by atoms with Crippen LogP contribution in [-0.4, -0.2) is 49.1 Å². The van der Waals surface area contributed by atoms with Gasteiger partial charge in [0.25, 0.3) is 0 Å². The lowest BCUT2D eigenvalue weighted by Crippen LogP contribution is -2.57. The summed E-state index contributed by atoms with van der Waals surface area (Å²) < 4.78 is 0. The Morgan fingerprint density at radius 2 is 1.87 bits per heavy atom. The Kier molecular flexibility index (Phi) is 3.72. The number of anilines is 2. The van der Waals surface area contributed by atoms with Crippen molar-refractivity contribution in [2.24, 2.45) is 0 Å². The molecule has 6 heteroatoms. The summed E-state index contributed by atoms with van der Waals surface area (Å²) in [4.78, 5) is 26.5. The maximum Gasteiger partial charge on any atom is 0.237 e. The van der Waals surface area contributed by atoms with Crippen LogP contribution in [0.5, 0.6) is 0 Å². The van der Waals surface area contributed by atoms with E-state index in [0.29, 0.717) is 6.04 Å². The van der Waals surface area contributed by atoms with Crippen molar-refractivity contribution in [3.8, 4) is 11.1 Å². The smallest absolute Gasteiger partial charge is 0.237 e. The van der Waals surface area contributed by atoms with Crippen LogP contribution in [0.3, 0.4) is 0 Å². The van der Waals surface area contributed by atoms with Crippen molar-refractivity contribution >= 4 is 28.3 Å². The summed E-state index contributed by atoms with van der Waals surface area (Å²) in [5.41, 5.74) is 4.96. The summed E-state index contributed by atoms with van der Waals surface area (Å²) in [6, 6.07) is 11.2. The van der Waals surface area contributed by atoms with Gasteiger partial charge in [-0.25, -0.2) is 4.98 Å². The fourth-order valence-corrected chi connectivity index (χ4v) is 5.24. The van der Waals surface area contributed by atoms with E-state index in [9.17, 15) is 4.79 Å². The predicted molar refractivity (Wildman–Crippen MR) is 119 cm³/mol. The maximum absolute atomic E-state index is 13.0. The molecule has 6 rings (SSSR count). The largest absolute Gasteiger partial charge is 0.353 e. The molecule has 1 aliphatic carbocycles. The van der Waals surface area contributed by atoms with Gasteiger partial charge < -0.3 is 15.1 Å². The zero-order chi connectivity index (χ0) is 20.5. The van der Waals surface area contributed by atoms with Crippen LogP contribution < -0.4 is 15.1 Å². The SMILES string of the molecule is CNC1CN(c2ccc(-c3ccc4ncc5c(c4c3)C3(CCC3)C(=O)N5C)cn2)C1. The molecule has 1 N–H and O–H groups in total. The van der Waals surface area contributed by atoms with Crippen LogP contribution in [0, 0.1) is 0 Å². The molecule has 3 aliphatic rings. The number of aromatic nitrogens is 2. The van der Waals surface area contributed by atoms with Crippen LogP contribution >= 0.6 is 0 Å². The summed E-state index contributed by atoms with van der Waals surface area (Å²) in [5, 5.41) is 4.40. The van der Waals surface area contributed by atoms with Crippen molar-refractivity contribution in [1.29, 1.82) is 0 Å². The molecule has 0 radical (unpaired) electrons. The van der Waals surface area contributed by atoms with Crippen molar-refractivity contribution in [3.05, 3.63) is 48.3 Å². The third kappa shape index (κ3) is 2.31. The van der Waals surface area contributed by atoms with E-state index in [1.165, 1.54) is 5.56 Å². The quantitative estimate of drug-likeness (QED) is 0.733. The molecule has 0 unspecified atom stereocenters. The maximum atomic E-state index is 13.0. The number of amides is 1. The van der Waals surface area contributed by atoms with Crippen LogP contribution in [0.2, 0.25) is 0 Å². The summed E-state index contributed by atoms with van der Waals surface area (Å²) in [5.74, 6) is 1.25. The summed E-state index contributed by atoms with van der Waals surface area (Å²) >= 11 is 0. The van der Waals surface area contributed by atoms with Crippen molar-refractivity contribution in [2.75, 3.05) is 37.0 Å². The van der Waals surface area contributed by atoms with Crippen molar-refractivity contribution < 1.29 is 4.79 Å². The monoisotopic (exact) mass is 399 g/mol. The average Bonchev–Trinajstić information content (AvgIpc) is 2.95. The van der Waals surface area contributed by atoms with Gasteiger partial charge in [-0.05, 0) is 49.7 Å². The van der Waals surface area contributed by atoms with Gasteiger partial charge in [-0.1, -0.05) is 12.5 Å². The van der Waals surface area contributed by atoms with E-state index >= 15 is 0 Å². The fraction of sp³-hybridized carbons (Fsp3) is 0.375. The molecule has 1 saturated carbocycles. The molecule has 152 valence electrons. The molecule has 0 bridgehead atoms. The number of benzene rings is 1. The second-order valence-electron chi connectivity index (χ2n) is 8.85. The van der Waals surface area contributed by atoms with E-state index in [2.05, 4.69) is 45.5 Å². The molecular weight excluding hydrogens is 374 g/mol. The molecule has 2 aromatic heterocycles. The molecule has 0 atom stereocenters. The van der Waals surface area contributed by atoms with Crippen LogP contribution in [0.15, 0.2) is 42.7 Å². The normalized spacial score (nSPS) is 19.9. The van der Waals surface area contributed by atoms with Crippen molar-refractivity contribution in [2.45, 2.75) is 30.7 Å². The third-order valence-corrected chi connectivity index (χ3v) is 7.30. The van der Waals surface area contributed by atoms with Gasteiger partial charge in [0.15, 0.2) is 0 Å². The van der Waals surface area contributed by atoms with E-state index in [1.54, 1.807) is 4.90 Å². The van der Waals surface area contributed by atoms with Gasteiger partial charge in [0.05, 0.1) is 22.8 Å². The topological polar surface area (TPSA) is 61.4 Å². The highest BCUT2D eigenvalue weighted by Crippen LogP contribution is 2.55. The molecule has 1 saturated heterocycles. The highest BCUT2D eigenvalue weighted by molar-refractivity contribution is 6.13. The van der Waals surface area contributed by atoms with Crippen LogP contribution in [0.25, 0.3) is 22.0 Å². The van der Waals surface area contributed by atoms with Crippen LogP contribution in [0.1, 0.15) is 24.8 Å². The molecule has 4 heterocycles. The number of hydrogen-bond acceptors (Lipinski definition) is 5. The Morgan fingerprint density at radius 1 is 1.07 bits per heavy atom. The number of carbonyl (C=O) groups is 1. The Bertz CT molecular complexity index is 1160. The first-order chi connectivity index (χ1) is 14.6. The number of carbonyl (C=O) groups excluding carboxylic acids is 1. The number of fused-ring (bicyclic) bond motifs is 4. The van der Waals surface area contributed by atoms with Crippen molar-refractivity contribution in [3.63, 3.8) is 0 Å². The molecule has 3 aromatic rings. The van der Waals surface area contributed by atoms with E-state index in [0.717, 1.165) is 65.9 Å². The fourth-order valence-electron chi connectivity index (χ4n) is 5.24. The molecule has 1 amide bonds. The first-order valence-electron chi connectivity index (χ1n) is 10.7. The van der Waals surface area contributed by atoms with E-state index in [-0.39, 0.29) is 11.3 Å². The lowest BCUT2D eigenvalue weighted by Gasteiger charge is -2.39. The van der Waals surface area contributed by atoms with Gasteiger partial charge in [-0.2, -0.15) is 0 Å². The van der Waals surface area contributed by atoms with Crippen LogP contribution in [-0.2, 0) is 10.2 Å². The van der Waals surface area contributed by atoms with Crippen molar-refractivity contribution in [1.82, 2.24) is 15.3 Å². The molecule has 6 nitrogen and oxygen atoms in total. The number of hydrogen-bond donors (Lipinski definition) is 1. The lowest BCUT2D eigenvalue weighted by atomic mass is 9.64. The molecule has 2 fully saturated rings. The standard InChI is InChI=1S/C24H25N5O/c1-25-17-13-29(14-17)21-7-5-16(11-27-21)15-4-6-19-18(10-15)22-20(12-26-19)28(2)23(30)24(22)8-3-9-24/h4-7,10-12,17,25H,3,8-9,13-14H2,1-2H3. The highest BCUT2D eigenvalue weighted by Gasteiger charge is 2.54. The van der Waals surface area contributed by atoms with Crippen LogP contribution in [0.4, 0.5) is 11.5 Å². The minimum absolute atomic E-state index is 0.226. The second-order valence-corrected chi connectivity index (χ2v) is 8.85. The number of pyridine rings is 2. The van der Waals surface area contributed by atoms with Gasteiger partial charge >= 0.3 is 0 Å². The first kappa shape index (κ1) is 17.8. The Morgan fingerprint density at radius 3 is 2.53 bits per heavy atom. The molecule has 1 spiro atoms. The van der Waals surface area contributed by atoms with Gasteiger partial charge in [-0.15, -0.1) is 0 Å². The molecule has 1 aromatic carbocycles. The Balaban J connectivity index is 1.40. The van der Waals surface area contributed by atoms with E-state index in [4.69, 9.17) is 4.98 Å². The Hall–Kier alpha value is -2.99. The van der Waals surface area contributed by atoms with Gasteiger partial charge in [0.2, 0.25) is 5.91 Å². The third-order valence-electron chi connectivity index (χ3n) is 7.30. The zero-order valence-corrected chi connectivity index (χ0v) is 17.4. The van der Waals surface area contributed by atoms with E-state index in [1.807, 2.05) is 26.5 Å². The van der Waals surface area contributed by atoms with Gasteiger partial charge in [-0.3, -0.25) is 9.78 Å². The summed E-state index contributed by atoms with van der Waals surface area (Å²) in [6.45, 7) is 2.00. The number of nitrogens with one attached hydrogen (secondary N) is 1. The minimum Gasteiger partial charge on any atom is -0.353 e. The minimum atomic E-state index is -0.340. The first-order valence-corrected chi connectivity index (χ1v) is 10.7. The lowest BCUT2D eigenvalue weighted by molar-refractivity contribution is -0.125. The van der Waals surface area contributed by atoms with Gasteiger partial charge in [0, 0.05) is 48.9 Å². The highest BCUT2D eigenvalue weighted by atomic mass is 16.2. The van der Waals surface area contributed by atoms with E-state index < -0.39 is 0 Å².